The van der Waals surface area contributed by atoms with Gasteiger partial charge in [0.1, 0.15) is 4.88 Å². The number of rotatable bonds is 3. The monoisotopic (exact) mass is 315 g/mol. The van der Waals surface area contributed by atoms with Crippen molar-refractivity contribution >= 4 is 34.3 Å². The van der Waals surface area contributed by atoms with E-state index >= 15 is 0 Å². The normalized spacial score (nSPS) is 10.6. The van der Waals surface area contributed by atoms with Crippen molar-refractivity contribution < 1.29 is 4.79 Å². The molecule has 0 aliphatic carbocycles. The van der Waals surface area contributed by atoms with Crippen LogP contribution in [-0.2, 0) is 0 Å². The van der Waals surface area contributed by atoms with Crippen molar-refractivity contribution in [3.05, 3.63) is 50.7 Å². The van der Waals surface area contributed by atoms with Gasteiger partial charge in [-0.2, -0.15) is 0 Å². The first-order valence-electron chi connectivity index (χ1n) is 6.38. The van der Waals surface area contributed by atoms with Crippen molar-refractivity contribution in [1.82, 2.24) is 9.97 Å². The van der Waals surface area contributed by atoms with E-state index in [1.807, 2.05) is 43.5 Å². The van der Waals surface area contributed by atoms with Gasteiger partial charge in [-0.3, -0.25) is 4.79 Å². The van der Waals surface area contributed by atoms with Crippen LogP contribution in [-0.4, -0.2) is 15.9 Å². The summed E-state index contributed by atoms with van der Waals surface area (Å²) in [6.07, 6.45) is 0. The molecule has 3 aromatic rings. The summed E-state index contributed by atoms with van der Waals surface area (Å²) in [7, 11) is 0. The van der Waals surface area contributed by atoms with E-state index in [0.717, 1.165) is 27.6 Å². The fourth-order valence-corrected chi connectivity index (χ4v) is 3.31. The van der Waals surface area contributed by atoms with Gasteiger partial charge >= 0.3 is 0 Å². The Morgan fingerprint density at radius 2 is 2.00 bits per heavy atom. The minimum Gasteiger partial charge on any atom is -0.321 e. The number of hydrogen-bond donors (Lipinski definition) is 1. The summed E-state index contributed by atoms with van der Waals surface area (Å²) in [4.78, 5) is 21.6. The molecule has 0 saturated carbocycles. The fourth-order valence-electron chi connectivity index (χ4n) is 2.00. The van der Waals surface area contributed by atoms with Crippen molar-refractivity contribution in [1.29, 1.82) is 0 Å². The van der Waals surface area contributed by atoms with Crippen molar-refractivity contribution in [2.75, 3.05) is 5.32 Å². The van der Waals surface area contributed by atoms with Crippen LogP contribution in [0.4, 0.5) is 5.69 Å². The van der Waals surface area contributed by atoms with E-state index in [1.165, 1.54) is 11.3 Å². The summed E-state index contributed by atoms with van der Waals surface area (Å²) >= 11 is 2.94. The van der Waals surface area contributed by atoms with Gasteiger partial charge in [-0.25, -0.2) is 9.97 Å². The predicted octanol–water partition coefficient (Wildman–Crippen LogP) is 4.14. The number of carbonyl (C=O) groups excluding carboxylic acids is 1. The van der Waals surface area contributed by atoms with Gasteiger partial charge in [0, 0.05) is 10.9 Å². The van der Waals surface area contributed by atoms with Crippen LogP contribution in [0, 0.1) is 13.8 Å². The standard InChI is InChI=1S/C15H13N3OS2/c1-9-14(21-8-16-9)15(19)18-12-6-4-3-5-11(12)13-7-20-10(2)17-13/h3-8H,1-2H3,(H,18,19). The fraction of sp³-hybridized carbons (Fsp3) is 0.133. The minimum absolute atomic E-state index is 0.130. The topological polar surface area (TPSA) is 54.9 Å². The van der Waals surface area contributed by atoms with Crippen LogP contribution in [0.3, 0.4) is 0 Å². The van der Waals surface area contributed by atoms with Crippen LogP contribution >= 0.6 is 22.7 Å². The first-order valence-corrected chi connectivity index (χ1v) is 8.14. The second-order valence-corrected chi connectivity index (χ2v) is 6.44. The van der Waals surface area contributed by atoms with Crippen LogP contribution in [0.2, 0.25) is 0 Å². The highest BCUT2D eigenvalue weighted by Crippen LogP contribution is 2.29. The lowest BCUT2D eigenvalue weighted by Gasteiger charge is -2.09. The maximum absolute atomic E-state index is 12.3. The predicted molar refractivity (Wildman–Crippen MR) is 87.1 cm³/mol. The molecule has 0 fully saturated rings. The van der Waals surface area contributed by atoms with Gasteiger partial charge in [0.25, 0.3) is 5.91 Å². The zero-order chi connectivity index (χ0) is 14.8. The minimum atomic E-state index is -0.130. The zero-order valence-electron chi connectivity index (χ0n) is 11.6. The number of thiazole rings is 2. The van der Waals surface area contributed by atoms with Gasteiger partial charge in [0.15, 0.2) is 0 Å². The molecule has 1 aromatic carbocycles. The number of nitrogens with zero attached hydrogens (tertiary/aromatic N) is 2. The maximum Gasteiger partial charge on any atom is 0.267 e. The first-order chi connectivity index (χ1) is 10.1. The van der Waals surface area contributed by atoms with E-state index in [9.17, 15) is 4.79 Å². The van der Waals surface area contributed by atoms with E-state index in [-0.39, 0.29) is 5.91 Å². The molecule has 3 rings (SSSR count). The van der Waals surface area contributed by atoms with Gasteiger partial charge in [-0.1, -0.05) is 18.2 Å². The number of benzene rings is 1. The highest BCUT2D eigenvalue weighted by molar-refractivity contribution is 7.12. The van der Waals surface area contributed by atoms with Gasteiger partial charge < -0.3 is 5.32 Å². The molecule has 4 nitrogen and oxygen atoms in total. The van der Waals surface area contributed by atoms with E-state index in [0.29, 0.717) is 4.88 Å². The van der Waals surface area contributed by atoms with Crippen LogP contribution in [0.15, 0.2) is 35.2 Å². The maximum atomic E-state index is 12.3. The van der Waals surface area contributed by atoms with Gasteiger partial charge in [-0.15, -0.1) is 22.7 Å². The second kappa shape index (κ2) is 5.75. The Hall–Kier alpha value is -2.05. The number of hydrogen-bond acceptors (Lipinski definition) is 5. The molecular formula is C15H13N3OS2. The Morgan fingerprint density at radius 1 is 1.19 bits per heavy atom. The lowest BCUT2D eigenvalue weighted by Crippen LogP contribution is -2.12. The number of para-hydroxylation sites is 1. The molecule has 1 amide bonds. The third-order valence-corrected chi connectivity index (χ3v) is 4.72. The van der Waals surface area contributed by atoms with Gasteiger partial charge in [-0.05, 0) is 19.9 Å². The van der Waals surface area contributed by atoms with E-state index in [1.54, 1.807) is 16.8 Å². The smallest absolute Gasteiger partial charge is 0.267 e. The number of aromatic nitrogens is 2. The molecule has 106 valence electrons. The zero-order valence-corrected chi connectivity index (χ0v) is 13.2. The molecular weight excluding hydrogens is 302 g/mol. The summed E-state index contributed by atoms with van der Waals surface area (Å²) < 4.78 is 0. The SMILES string of the molecule is Cc1nc(-c2ccccc2NC(=O)c2scnc2C)cs1. The van der Waals surface area contributed by atoms with Crippen LogP contribution in [0.25, 0.3) is 11.3 Å². The summed E-state index contributed by atoms with van der Waals surface area (Å²) in [5.74, 6) is -0.130. The lowest BCUT2D eigenvalue weighted by atomic mass is 10.1. The summed E-state index contributed by atoms with van der Waals surface area (Å²) in [5.41, 5.74) is 5.01. The Balaban J connectivity index is 1.93. The molecule has 0 aliphatic heterocycles. The Bertz CT molecular complexity index is 792. The molecule has 0 aliphatic rings. The Labute approximate surface area is 130 Å². The molecule has 2 heterocycles. The number of nitrogens with one attached hydrogen (secondary N) is 1. The molecule has 0 unspecified atom stereocenters. The molecule has 0 radical (unpaired) electrons. The van der Waals surface area contributed by atoms with Crippen molar-refractivity contribution in [3.8, 4) is 11.3 Å². The second-order valence-electron chi connectivity index (χ2n) is 4.52. The molecule has 0 saturated heterocycles. The quantitative estimate of drug-likeness (QED) is 0.790. The highest BCUT2D eigenvalue weighted by atomic mass is 32.1. The molecule has 0 spiro atoms. The average molecular weight is 315 g/mol. The highest BCUT2D eigenvalue weighted by Gasteiger charge is 2.15. The molecule has 0 bridgehead atoms. The lowest BCUT2D eigenvalue weighted by molar-refractivity contribution is 0.103. The number of anilines is 1. The van der Waals surface area contributed by atoms with E-state index < -0.39 is 0 Å². The average Bonchev–Trinajstić information content (AvgIpc) is 3.08. The number of amides is 1. The third-order valence-electron chi connectivity index (χ3n) is 3.02. The van der Waals surface area contributed by atoms with E-state index in [2.05, 4.69) is 15.3 Å². The molecule has 0 atom stereocenters. The molecule has 21 heavy (non-hydrogen) atoms. The number of aryl methyl sites for hydroxylation is 2. The Morgan fingerprint density at radius 3 is 2.67 bits per heavy atom. The van der Waals surface area contributed by atoms with Crippen LogP contribution < -0.4 is 5.32 Å². The first kappa shape index (κ1) is 13.9. The van der Waals surface area contributed by atoms with Crippen molar-refractivity contribution in [3.63, 3.8) is 0 Å². The Kier molecular flexibility index (Phi) is 3.81. The largest absolute Gasteiger partial charge is 0.321 e. The van der Waals surface area contributed by atoms with Crippen molar-refractivity contribution in [2.24, 2.45) is 0 Å². The van der Waals surface area contributed by atoms with Gasteiger partial charge in [0.2, 0.25) is 0 Å². The van der Waals surface area contributed by atoms with Crippen molar-refractivity contribution in [2.45, 2.75) is 13.8 Å². The summed E-state index contributed by atoms with van der Waals surface area (Å²) in [6, 6.07) is 7.69. The molecule has 6 heteroatoms. The van der Waals surface area contributed by atoms with E-state index in [4.69, 9.17) is 0 Å². The summed E-state index contributed by atoms with van der Waals surface area (Å²) in [5, 5.41) is 5.96. The van der Waals surface area contributed by atoms with Gasteiger partial charge in [0.05, 0.1) is 27.6 Å². The third kappa shape index (κ3) is 2.86. The summed E-state index contributed by atoms with van der Waals surface area (Å²) in [6.45, 7) is 3.80. The van der Waals surface area contributed by atoms with Crippen LogP contribution in [0.1, 0.15) is 20.4 Å². The van der Waals surface area contributed by atoms with Crippen LogP contribution in [0.5, 0.6) is 0 Å². The molecule has 1 N–H and O–H groups in total. The molecule has 2 aromatic heterocycles. The number of carbonyl (C=O) groups is 1.